The molecule has 0 fully saturated rings. The van der Waals surface area contributed by atoms with Crippen molar-refractivity contribution in [1.82, 2.24) is 5.32 Å². The Bertz CT molecular complexity index is 1080. The molecular weight excluding hydrogens is 526 g/mol. The number of esters is 1. The maximum atomic E-state index is 12.7. The summed E-state index contributed by atoms with van der Waals surface area (Å²) in [4.78, 5) is 37.5. The summed E-state index contributed by atoms with van der Waals surface area (Å²) in [7, 11) is 1.28. The number of nitrogens with one attached hydrogen (secondary N) is 1. The molecule has 0 saturated carbocycles. The molecule has 1 amide bonds. The van der Waals surface area contributed by atoms with Crippen LogP contribution in [0, 0.1) is 0 Å². The number of hydrogen-bond acceptors (Lipinski definition) is 4. The molecule has 1 N–H and O–H groups in total. The number of carbonyl (C=O) groups excluding carboxylic acids is 3. The molecule has 0 bridgehead atoms. The van der Waals surface area contributed by atoms with E-state index in [1.165, 1.54) is 7.11 Å². The Morgan fingerprint density at radius 2 is 1.42 bits per heavy atom. The van der Waals surface area contributed by atoms with Gasteiger partial charge in [0.2, 0.25) is 0 Å². The minimum Gasteiger partial charge on any atom is -0.467 e. The van der Waals surface area contributed by atoms with Crippen LogP contribution in [-0.4, -0.2) is 30.8 Å². The molecular formula is C24H19Br2NO4. The van der Waals surface area contributed by atoms with Crippen molar-refractivity contribution in [2.24, 2.45) is 0 Å². The van der Waals surface area contributed by atoms with E-state index in [4.69, 9.17) is 4.74 Å². The molecule has 31 heavy (non-hydrogen) atoms. The van der Waals surface area contributed by atoms with Gasteiger partial charge in [-0.15, -0.1) is 0 Å². The highest BCUT2D eigenvalue weighted by Gasteiger charge is 2.23. The maximum absolute atomic E-state index is 12.7. The number of methoxy groups -OCH3 is 1. The third-order valence-electron chi connectivity index (χ3n) is 4.61. The molecule has 3 aromatic carbocycles. The number of carbonyl (C=O) groups is 3. The molecule has 3 rings (SSSR count). The molecule has 5 nitrogen and oxygen atoms in total. The monoisotopic (exact) mass is 543 g/mol. The fraction of sp³-hybridized carbons (Fsp3) is 0.125. The van der Waals surface area contributed by atoms with Gasteiger partial charge in [-0.05, 0) is 23.8 Å². The predicted molar refractivity (Wildman–Crippen MR) is 125 cm³/mol. The van der Waals surface area contributed by atoms with Crippen LogP contribution in [0.4, 0.5) is 0 Å². The van der Waals surface area contributed by atoms with Crippen molar-refractivity contribution in [2.75, 3.05) is 7.11 Å². The van der Waals surface area contributed by atoms with Crippen molar-refractivity contribution in [3.63, 3.8) is 0 Å². The summed E-state index contributed by atoms with van der Waals surface area (Å²) in [5, 5.41) is 2.73. The van der Waals surface area contributed by atoms with Crippen LogP contribution in [0.15, 0.2) is 81.7 Å². The Morgan fingerprint density at radius 3 is 2.00 bits per heavy atom. The van der Waals surface area contributed by atoms with Crippen molar-refractivity contribution in [1.29, 1.82) is 0 Å². The molecule has 0 unspecified atom stereocenters. The average Bonchev–Trinajstić information content (AvgIpc) is 2.78. The van der Waals surface area contributed by atoms with Crippen LogP contribution < -0.4 is 5.32 Å². The van der Waals surface area contributed by atoms with E-state index in [2.05, 4.69) is 37.2 Å². The third-order valence-corrected chi connectivity index (χ3v) is 5.52. The lowest BCUT2D eigenvalue weighted by atomic mass is 9.99. The summed E-state index contributed by atoms with van der Waals surface area (Å²) in [6.07, 6.45) is 0.230. The molecule has 0 aliphatic heterocycles. The first-order valence-electron chi connectivity index (χ1n) is 9.41. The van der Waals surface area contributed by atoms with Gasteiger partial charge in [0.05, 0.1) is 7.11 Å². The summed E-state index contributed by atoms with van der Waals surface area (Å²) >= 11 is 6.70. The van der Waals surface area contributed by atoms with E-state index in [0.29, 0.717) is 16.7 Å². The summed E-state index contributed by atoms with van der Waals surface area (Å²) in [5.41, 5.74) is 2.34. The summed E-state index contributed by atoms with van der Waals surface area (Å²) in [5.74, 6) is -1.02. The molecule has 1 atom stereocenters. The number of ketones is 1. The van der Waals surface area contributed by atoms with Gasteiger partial charge in [0.1, 0.15) is 6.04 Å². The van der Waals surface area contributed by atoms with Gasteiger partial charge in [0, 0.05) is 32.1 Å². The van der Waals surface area contributed by atoms with Crippen LogP contribution in [0.2, 0.25) is 0 Å². The number of benzene rings is 3. The largest absolute Gasteiger partial charge is 0.467 e. The van der Waals surface area contributed by atoms with Gasteiger partial charge in [-0.25, -0.2) is 4.79 Å². The molecule has 0 heterocycles. The lowest BCUT2D eigenvalue weighted by molar-refractivity contribution is -0.142. The van der Waals surface area contributed by atoms with Crippen molar-refractivity contribution in [3.8, 4) is 0 Å². The Morgan fingerprint density at radius 1 is 0.839 bits per heavy atom. The normalized spacial score (nSPS) is 11.5. The third kappa shape index (κ3) is 6.12. The summed E-state index contributed by atoms with van der Waals surface area (Å²) < 4.78 is 6.34. The van der Waals surface area contributed by atoms with E-state index in [1.807, 2.05) is 24.3 Å². The second-order valence-corrected chi connectivity index (χ2v) is 8.63. The van der Waals surface area contributed by atoms with Crippen LogP contribution in [-0.2, 0) is 16.0 Å². The first kappa shape index (κ1) is 22.9. The van der Waals surface area contributed by atoms with E-state index in [0.717, 1.165) is 14.5 Å². The van der Waals surface area contributed by atoms with Gasteiger partial charge >= 0.3 is 5.97 Å². The molecule has 0 aliphatic carbocycles. The highest BCUT2D eigenvalue weighted by molar-refractivity contribution is 9.11. The van der Waals surface area contributed by atoms with E-state index < -0.39 is 17.9 Å². The number of amides is 1. The zero-order valence-electron chi connectivity index (χ0n) is 16.6. The Kier molecular flexibility index (Phi) is 7.76. The Hall–Kier alpha value is -2.77. The van der Waals surface area contributed by atoms with Gasteiger partial charge in [-0.2, -0.15) is 0 Å². The van der Waals surface area contributed by atoms with E-state index in [1.54, 1.807) is 48.5 Å². The number of hydrogen-bond donors (Lipinski definition) is 1. The number of rotatable bonds is 7. The van der Waals surface area contributed by atoms with Gasteiger partial charge < -0.3 is 10.1 Å². The molecule has 0 aromatic heterocycles. The molecule has 0 saturated heterocycles. The SMILES string of the molecule is COC(=O)[C@@H](Cc1ccc(C(=O)c2ccccc2)cc1)NC(=O)c1cc(Br)cc(Br)c1. The van der Waals surface area contributed by atoms with E-state index >= 15 is 0 Å². The highest BCUT2D eigenvalue weighted by Crippen LogP contribution is 2.20. The van der Waals surface area contributed by atoms with Crippen LogP contribution in [0.25, 0.3) is 0 Å². The highest BCUT2D eigenvalue weighted by atomic mass is 79.9. The minimum atomic E-state index is -0.870. The second kappa shape index (κ2) is 10.5. The zero-order chi connectivity index (χ0) is 22.4. The fourth-order valence-electron chi connectivity index (χ4n) is 3.05. The molecule has 0 aliphatic rings. The van der Waals surface area contributed by atoms with Gasteiger partial charge in [-0.3, -0.25) is 9.59 Å². The van der Waals surface area contributed by atoms with Crippen LogP contribution in [0.3, 0.4) is 0 Å². The molecule has 3 aromatic rings. The quantitative estimate of drug-likeness (QED) is 0.337. The lowest BCUT2D eigenvalue weighted by Crippen LogP contribution is -2.43. The molecule has 0 spiro atoms. The predicted octanol–water partition coefficient (Wildman–Crippen LogP) is 4.96. The van der Waals surface area contributed by atoms with Crippen molar-refractivity contribution < 1.29 is 19.1 Å². The summed E-state index contributed by atoms with van der Waals surface area (Å²) in [6, 6.07) is 20.3. The van der Waals surface area contributed by atoms with Crippen LogP contribution in [0.1, 0.15) is 31.8 Å². The molecule has 0 radical (unpaired) electrons. The van der Waals surface area contributed by atoms with E-state index in [9.17, 15) is 14.4 Å². The van der Waals surface area contributed by atoms with Gasteiger partial charge in [0.25, 0.3) is 5.91 Å². The minimum absolute atomic E-state index is 0.0785. The number of ether oxygens (including phenoxy) is 1. The van der Waals surface area contributed by atoms with E-state index in [-0.39, 0.29) is 12.2 Å². The standard InChI is InChI=1S/C24H19Br2NO4/c1-31-24(30)21(27-23(29)18-12-19(25)14-20(26)13-18)11-15-7-9-17(10-8-15)22(28)16-5-3-2-4-6-16/h2-10,12-14,21H,11H2,1H3,(H,27,29)/t21-/m1/s1. The fourth-order valence-corrected chi connectivity index (χ4v) is 4.34. The maximum Gasteiger partial charge on any atom is 0.328 e. The molecule has 7 heteroatoms. The Balaban J connectivity index is 1.74. The number of halogens is 2. The molecule has 158 valence electrons. The topological polar surface area (TPSA) is 72.5 Å². The smallest absolute Gasteiger partial charge is 0.328 e. The first-order chi connectivity index (χ1) is 14.9. The van der Waals surface area contributed by atoms with Gasteiger partial charge in [0.15, 0.2) is 5.78 Å². The lowest BCUT2D eigenvalue weighted by Gasteiger charge is -2.17. The zero-order valence-corrected chi connectivity index (χ0v) is 19.8. The van der Waals surface area contributed by atoms with Crippen LogP contribution >= 0.6 is 31.9 Å². The van der Waals surface area contributed by atoms with Gasteiger partial charge in [-0.1, -0.05) is 86.5 Å². The van der Waals surface area contributed by atoms with Crippen LogP contribution in [0.5, 0.6) is 0 Å². The van der Waals surface area contributed by atoms with Crippen molar-refractivity contribution >= 4 is 49.5 Å². The average molecular weight is 545 g/mol. The second-order valence-electron chi connectivity index (χ2n) is 6.80. The van der Waals surface area contributed by atoms with Crippen molar-refractivity contribution in [2.45, 2.75) is 12.5 Å². The summed E-state index contributed by atoms with van der Waals surface area (Å²) in [6.45, 7) is 0. The first-order valence-corrected chi connectivity index (χ1v) is 11.0. The van der Waals surface area contributed by atoms with Crippen molar-refractivity contribution in [3.05, 3.63) is 104 Å². The Labute approximate surface area is 197 Å².